The molecule has 5 aromatic rings. The summed E-state index contributed by atoms with van der Waals surface area (Å²) < 4.78 is 0. The highest BCUT2D eigenvalue weighted by Crippen LogP contribution is 2.78. The first-order chi connectivity index (χ1) is 36.4. The maximum atomic E-state index is 13.2. The molecule has 10 nitrogen and oxygen atoms in total. The highest BCUT2D eigenvalue weighted by atomic mass is 16.3. The largest absolute Gasteiger partial charge is 0.508 e. The van der Waals surface area contributed by atoms with Crippen molar-refractivity contribution in [3.63, 3.8) is 0 Å². The molecule has 412 valence electrons. The zero-order valence-electron chi connectivity index (χ0n) is 46.6. The van der Waals surface area contributed by atoms with Crippen LogP contribution in [0, 0.1) is 31.1 Å². The lowest BCUT2D eigenvalue weighted by molar-refractivity contribution is -0.131. The highest BCUT2D eigenvalue weighted by molar-refractivity contribution is 5.61. The van der Waals surface area contributed by atoms with Crippen LogP contribution in [0.1, 0.15) is 213 Å². The van der Waals surface area contributed by atoms with Crippen molar-refractivity contribution < 1.29 is 51.1 Å². The lowest BCUT2D eigenvalue weighted by Crippen LogP contribution is -2.65. The van der Waals surface area contributed by atoms with Gasteiger partial charge in [0.2, 0.25) is 0 Å². The molecule has 0 radical (unpaired) electrons. The summed E-state index contributed by atoms with van der Waals surface area (Å²) in [6, 6.07) is 18.7. The van der Waals surface area contributed by atoms with E-state index in [0.29, 0.717) is 95.9 Å². The maximum absolute atomic E-state index is 13.2. The predicted molar refractivity (Wildman–Crippen MR) is 300 cm³/mol. The molecule has 0 aliphatic heterocycles. The van der Waals surface area contributed by atoms with Gasteiger partial charge < -0.3 is 51.1 Å². The Labute approximate surface area is 455 Å². The maximum Gasteiger partial charge on any atom is 0.119 e. The second kappa shape index (κ2) is 18.1. The van der Waals surface area contributed by atoms with Gasteiger partial charge in [-0.25, -0.2) is 0 Å². The standard InChI is InChI=1S/C67H84O10/c1-8-11-12-13-17-61(7,67-32-42-30-65(37-67,48-24-53(71)40(5)19-55(48)73)36-66(31-42,38-67)50-25-56(74)44(21-58(50)76)60(6,10-3)16-9-2)45-22-59(77)49(26-57(45)75)64-29-41-27-62(34-64,46-20-43(68)14-15-51(46)69)33-63(28-41,35-64)47-23-52(70)39(4)18-54(47)72/h14-15,18-26,41-42,68-77H,8-13,16-17,27-38H2,1-7H3. The van der Waals surface area contributed by atoms with Crippen LogP contribution in [0.4, 0.5) is 0 Å². The summed E-state index contributed by atoms with van der Waals surface area (Å²) in [5, 5.41) is 120. The lowest BCUT2D eigenvalue weighted by atomic mass is 9.32. The van der Waals surface area contributed by atoms with Gasteiger partial charge in [0.1, 0.15) is 57.5 Å². The Balaban J connectivity index is 1.09. The van der Waals surface area contributed by atoms with Gasteiger partial charge in [-0.05, 0) is 211 Å². The van der Waals surface area contributed by atoms with Gasteiger partial charge >= 0.3 is 0 Å². The van der Waals surface area contributed by atoms with Crippen molar-refractivity contribution in [1.29, 1.82) is 0 Å². The molecule has 0 aromatic heterocycles. The number of phenolic OH excluding ortho intramolecular Hbond substituents is 10. The second-order valence-electron chi connectivity index (χ2n) is 27.3. The van der Waals surface area contributed by atoms with E-state index in [-0.39, 0.29) is 74.7 Å². The Bertz CT molecular complexity index is 3180. The number of rotatable bonds is 16. The smallest absolute Gasteiger partial charge is 0.119 e. The third-order valence-electron chi connectivity index (χ3n) is 22.4. The molecule has 10 N–H and O–H groups in total. The molecule has 10 atom stereocenters. The van der Waals surface area contributed by atoms with Crippen molar-refractivity contribution in [2.24, 2.45) is 17.3 Å². The molecule has 8 aliphatic carbocycles. The van der Waals surface area contributed by atoms with E-state index in [4.69, 9.17) is 0 Å². The van der Waals surface area contributed by atoms with Gasteiger partial charge in [0.15, 0.2) is 0 Å². The number of benzene rings is 5. The van der Waals surface area contributed by atoms with Gasteiger partial charge in [-0.2, -0.15) is 0 Å². The fraction of sp³-hybridized carbons (Fsp3) is 0.552. The summed E-state index contributed by atoms with van der Waals surface area (Å²) in [6.45, 7) is 14.4. The first-order valence-electron chi connectivity index (χ1n) is 29.1. The van der Waals surface area contributed by atoms with Crippen molar-refractivity contribution in [2.75, 3.05) is 0 Å². The molecule has 13 rings (SSSR count). The molecule has 0 heterocycles. The van der Waals surface area contributed by atoms with Crippen LogP contribution >= 0.6 is 0 Å². The van der Waals surface area contributed by atoms with Crippen molar-refractivity contribution in [2.45, 2.75) is 215 Å². The molecule has 77 heavy (non-hydrogen) atoms. The first-order valence-corrected chi connectivity index (χ1v) is 29.1. The number of phenols is 10. The highest BCUT2D eigenvalue weighted by Gasteiger charge is 2.70. The molecule has 0 spiro atoms. The second-order valence-corrected chi connectivity index (χ2v) is 27.3. The Hall–Kier alpha value is -5.90. The van der Waals surface area contributed by atoms with Crippen molar-refractivity contribution in [3.8, 4) is 57.5 Å². The van der Waals surface area contributed by atoms with Gasteiger partial charge in [0, 0.05) is 71.4 Å². The number of unbranched alkanes of at least 4 members (excludes halogenated alkanes) is 3. The number of aryl methyl sites for hydroxylation is 2. The summed E-state index contributed by atoms with van der Waals surface area (Å²) in [4.78, 5) is 0. The molecule has 8 fully saturated rings. The van der Waals surface area contributed by atoms with Crippen LogP contribution in [-0.2, 0) is 37.9 Å². The molecule has 0 amide bonds. The van der Waals surface area contributed by atoms with Crippen molar-refractivity contribution in [1.82, 2.24) is 0 Å². The van der Waals surface area contributed by atoms with E-state index in [2.05, 4.69) is 34.6 Å². The summed E-state index contributed by atoms with van der Waals surface area (Å²) in [7, 11) is 0. The van der Waals surface area contributed by atoms with Gasteiger partial charge in [0.25, 0.3) is 0 Å². The minimum atomic E-state index is -0.777. The Kier molecular flexibility index (Phi) is 12.5. The van der Waals surface area contributed by atoms with E-state index in [0.717, 1.165) is 82.6 Å². The molecule has 10 unspecified atom stereocenters. The van der Waals surface area contributed by atoms with Crippen molar-refractivity contribution in [3.05, 3.63) is 117 Å². The Morgan fingerprint density at radius 3 is 1.29 bits per heavy atom. The monoisotopic (exact) mass is 1050 g/mol. The van der Waals surface area contributed by atoms with Crippen LogP contribution in [0.2, 0.25) is 0 Å². The van der Waals surface area contributed by atoms with Crippen LogP contribution < -0.4 is 0 Å². The minimum absolute atomic E-state index is 0.0358. The summed E-state index contributed by atoms with van der Waals surface area (Å²) in [5.41, 5.74) is 0.617. The van der Waals surface area contributed by atoms with Crippen LogP contribution in [0.15, 0.2) is 66.7 Å². The average molecular weight is 1050 g/mol. The predicted octanol–water partition coefficient (Wildman–Crippen LogP) is 15.0. The normalized spacial score (nSPS) is 31.4. The Morgan fingerprint density at radius 2 is 0.818 bits per heavy atom. The van der Waals surface area contributed by atoms with Gasteiger partial charge in [-0.1, -0.05) is 66.7 Å². The SMILES string of the molecule is CCCCCCC(C)(c1cc(O)c(C23CC4CC(c5cc(O)ccc5O)(CC(c5cc(O)c(C)cc5O)(C4)C2)C3)cc1O)C12CC3CC(c4cc(O)c(C)cc4O)(CC(c4cc(O)c(C(C)(CC)CCC)cc4O)(C3)C1)C2. The zero-order valence-corrected chi connectivity index (χ0v) is 46.6. The van der Waals surface area contributed by atoms with Gasteiger partial charge in [0.05, 0.1) is 0 Å². The van der Waals surface area contributed by atoms with Crippen LogP contribution in [-0.4, -0.2) is 51.1 Å². The topological polar surface area (TPSA) is 202 Å². The average Bonchev–Trinajstić information content (AvgIpc) is 3.39. The molecule has 5 aromatic carbocycles. The van der Waals surface area contributed by atoms with Crippen LogP contribution in [0.25, 0.3) is 0 Å². The van der Waals surface area contributed by atoms with Crippen molar-refractivity contribution >= 4 is 0 Å². The molecular formula is C67H84O10. The van der Waals surface area contributed by atoms with E-state index >= 15 is 0 Å². The molecular weight excluding hydrogens is 965 g/mol. The van der Waals surface area contributed by atoms with E-state index in [1.54, 1.807) is 44.2 Å². The van der Waals surface area contributed by atoms with E-state index in [9.17, 15) is 51.1 Å². The fourth-order valence-corrected chi connectivity index (χ4v) is 19.7. The third-order valence-corrected chi connectivity index (χ3v) is 22.4. The van der Waals surface area contributed by atoms with E-state index < -0.39 is 37.9 Å². The quantitative estimate of drug-likeness (QED) is 0.0335. The third kappa shape index (κ3) is 7.96. The zero-order chi connectivity index (χ0) is 55.0. The van der Waals surface area contributed by atoms with Gasteiger partial charge in [-0.15, -0.1) is 0 Å². The summed E-state index contributed by atoms with van der Waals surface area (Å²) in [5.74, 6) is 1.19. The molecule has 8 saturated carbocycles. The number of aromatic hydroxyl groups is 10. The van der Waals surface area contributed by atoms with Crippen LogP contribution in [0.3, 0.4) is 0 Å². The van der Waals surface area contributed by atoms with Gasteiger partial charge in [-0.3, -0.25) is 0 Å². The van der Waals surface area contributed by atoms with E-state index in [1.165, 1.54) is 12.1 Å². The molecule has 8 bridgehead atoms. The first kappa shape index (κ1) is 53.1. The minimum Gasteiger partial charge on any atom is -0.508 e. The molecule has 8 aliphatic rings. The summed E-state index contributed by atoms with van der Waals surface area (Å²) >= 11 is 0. The summed E-state index contributed by atoms with van der Waals surface area (Å²) in [6.07, 6.45) is 15.1. The fourth-order valence-electron chi connectivity index (χ4n) is 19.7. The lowest BCUT2D eigenvalue weighted by Gasteiger charge is -2.71. The number of hydrogen-bond donors (Lipinski definition) is 10. The van der Waals surface area contributed by atoms with Crippen LogP contribution in [0.5, 0.6) is 57.5 Å². The molecule has 0 saturated heterocycles. The Morgan fingerprint density at radius 1 is 0.403 bits per heavy atom. The van der Waals surface area contributed by atoms with E-state index in [1.807, 2.05) is 24.3 Å². The number of hydrogen-bond acceptors (Lipinski definition) is 10. The molecule has 10 heteroatoms.